The van der Waals surface area contributed by atoms with Crippen LogP contribution in [0.1, 0.15) is 30.9 Å². The first-order valence-corrected chi connectivity index (χ1v) is 6.82. The maximum absolute atomic E-state index is 11.8. The van der Waals surface area contributed by atoms with Gasteiger partial charge in [0.05, 0.1) is 6.10 Å². The quantitative estimate of drug-likeness (QED) is 0.897. The van der Waals surface area contributed by atoms with Crippen molar-refractivity contribution in [2.75, 3.05) is 12.4 Å². The molecule has 100 valence electrons. The Kier molecular flexibility index (Phi) is 5.82. The number of anilines is 1. The highest BCUT2D eigenvalue weighted by Crippen LogP contribution is 2.25. The highest BCUT2D eigenvalue weighted by atomic mass is 79.9. The molecule has 0 saturated heterocycles. The lowest BCUT2D eigenvalue weighted by molar-refractivity contribution is -0.116. The summed E-state index contributed by atoms with van der Waals surface area (Å²) in [5.41, 5.74) is 3.09. The second-order valence-electron chi connectivity index (χ2n) is 4.56. The van der Waals surface area contributed by atoms with Crippen LogP contribution >= 0.6 is 15.9 Å². The molecular formula is C14H20BrNO2. The lowest BCUT2D eigenvalue weighted by Crippen LogP contribution is -2.15. The average Bonchev–Trinajstić information content (AvgIpc) is 2.32. The van der Waals surface area contributed by atoms with Gasteiger partial charge in [-0.25, -0.2) is 0 Å². The second-order valence-corrected chi connectivity index (χ2v) is 5.35. The Labute approximate surface area is 117 Å². The third-order valence-electron chi connectivity index (χ3n) is 2.90. The Balaban J connectivity index is 2.60. The zero-order valence-corrected chi connectivity index (χ0v) is 12.9. The number of methoxy groups -OCH3 is 1. The summed E-state index contributed by atoms with van der Waals surface area (Å²) in [5.74, 6) is 0.0278. The minimum atomic E-state index is 0.0278. The minimum absolute atomic E-state index is 0.0278. The third kappa shape index (κ3) is 4.42. The van der Waals surface area contributed by atoms with Crippen LogP contribution in [-0.4, -0.2) is 19.1 Å². The Bertz CT molecular complexity index is 409. The van der Waals surface area contributed by atoms with Crippen molar-refractivity contribution in [2.24, 2.45) is 0 Å². The normalized spacial score (nSPS) is 12.3. The van der Waals surface area contributed by atoms with E-state index in [-0.39, 0.29) is 12.0 Å². The lowest BCUT2D eigenvalue weighted by Gasteiger charge is -2.11. The molecule has 4 heteroatoms. The molecule has 1 unspecified atom stereocenters. The maximum Gasteiger partial charge on any atom is 0.224 e. The van der Waals surface area contributed by atoms with Crippen LogP contribution in [0, 0.1) is 13.8 Å². The molecule has 0 fully saturated rings. The number of amides is 1. The number of halogens is 1. The fourth-order valence-corrected chi connectivity index (χ4v) is 1.92. The molecular weight excluding hydrogens is 294 g/mol. The predicted octanol–water partition coefficient (Wildman–Crippen LogP) is 3.82. The number of nitrogens with one attached hydrogen (secondary N) is 1. The van der Waals surface area contributed by atoms with E-state index in [9.17, 15) is 4.79 Å². The molecule has 3 nitrogen and oxygen atoms in total. The molecule has 18 heavy (non-hydrogen) atoms. The zero-order chi connectivity index (χ0) is 13.7. The first-order chi connectivity index (χ1) is 8.43. The van der Waals surface area contributed by atoms with Gasteiger partial charge in [-0.1, -0.05) is 15.9 Å². The molecule has 0 aliphatic rings. The molecule has 0 spiro atoms. The molecule has 0 bridgehead atoms. The van der Waals surface area contributed by atoms with Crippen LogP contribution in [0.2, 0.25) is 0 Å². The summed E-state index contributed by atoms with van der Waals surface area (Å²) in [6.45, 7) is 5.99. The maximum atomic E-state index is 11.8. The molecule has 1 N–H and O–H groups in total. The van der Waals surface area contributed by atoms with Crippen LogP contribution in [0.15, 0.2) is 16.6 Å². The Hall–Kier alpha value is -0.870. The average molecular weight is 314 g/mol. The van der Waals surface area contributed by atoms with E-state index in [1.54, 1.807) is 7.11 Å². The van der Waals surface area contributed by atoms with Crippen molar-refractivity contribution >= 4 is 27.5 Å². The van der Waals surface area contributed by atoms with Gasteiger partial charge >= 0.3 is 0 Å². The van der Waals surface area contributed by atoms with Crippen molar-refractivity contribution in [1.29, 1.82) is 0 Å². The van der Waals surface area contributed by atoms with E-state index in [0.29, 0.717) is 6.42 Å². The van der Waals surface area contributed by atoms with Gasteiger partial charge in [-0.3, -0.25) is 4.79 Å². The number of ether oxygens (including phenoxy) is 1. The van der Waals surface area contributed by atoms with Crippen molar-refractivity contribution in [2.45, 2.75) is 39.7 Å². The van der Waals surface area contributed by atoms with E-state index < -0.39 is 0 Å². The third-order valence-corrected chi connectivity index (χ3v) is 4.15. The van der Waals surface area contributed by atoms with Gasteiger partial charge < -0.3 is 10.1 Å². The molecule has 0 radical (unpaired) electrons. The number of hydrogen-bond donors (Lipinski definition) is 1. The van der Waals surface area contributed by atoms with Crippen LogP contribution in [0.3, 0.4) is 0 Å². The largest absolute Gasteiger partial charge is 0.382 e. The molecule has 1 aromatic carbocycles. The second kappa shape index (κ2) is 6.90. The van der Waals surface area contributed by atoms with Gasteiger partial charge in [0.1, 0.15) is 0 Å². The standard InChI is InChI=1S/C14H20BrNO2/c1-9-7-12(8-10(2)14(9)15)16-13(17)6-5-11(3)18-4/h7-8,11H,5-6H2,1-4H3,(H,16,17). The molecule has 0 aromatic heterocycles. The van der Waals surface area contributed by atoms with Crippen LogP contribution < -0.4 is 5.32 Å². The van der Waals surface area contributed by atoms with Crippen molar-refractivity contribution in [3.63, 3.8) is 0 Å². The highest BCUT2D eigenvalue weighted by molar-refractivity contribution is 9.10. The minimum Gasteiger partial charge on any atom is -0.382 e. The number of carbonyl (C=O) groups excluding carboxylic acids is 1. The Morgan fingerprint density at radius 2 is 1.94 bits per heavy atom. The molecule has 1 atom stereocenters. The fourth-order valence-electron chi connectivity index (χ4n) is 1.69. The summed E-state index contributed by atoms with van der Waals surface area (Å²) in [6, 6.07) is 3.93. The molecule has 0 aliphatic carbocycles. The smallest absolute Gasteiger partial charge is 0.224 e. The molecule has 1 amide bonds. The van der Waals surface area contributed by atoms with E-state index in [1.165, 1.54) is 0 Å². The molecule has 1 aromatic rings. The van der Waals surface area contributed by atoms with Crippen molar-refractivity contribution < 1.29 is 9.53 Å². The van der Waals surface area contributed by atoms with Gasteiger partial charge in [0.2, 0.25) is 5.91 Å². The van der Waals surface area contributed by atoms with Gasteiger partial charge in [-0.05, 0) is 50.5 Å². The first-order valence-electron chi connectivity index (χ1n) is 6.03. The van der Waals surface area contributed by atoms with Crippen LogP contribution in [0.5, 0.6) is 0 Å². The Morgan fingerprint density at radius 3 is 2.44 bits per heavy atom. The van der Waals surface area contributed by atoms with Crippen LogP contribution in [0.4, 0.5) is 5.69 Å². The number of rotatable bonds is 5. The van der Waals surface area contributed by atoms with Crippen LogP contribution in [0.25, 0.3) is 0 Å². The van der Waals surface area contributed by atoms with E-state index >= 15 is 0 Å². The van der Waals surface area contributed by atoms with Gasteiger partial charge in [0.15, 0.2) is 0 Å². The highest BCUT2D eigenvalue weighted by Gasteiger charge is 2.08. The van der Waals surface area contributed by atoms with Gasteiger partial charge in [-0.15, -0.1) is 0 Å². The van der Waals surface area contributed by atoms with Crippen molar-refractivity contribution in [3.05, 3.63) is 27.7 Å². The van der Waals surface area contributed by atoms with Crippen molar-refractivity contribution in [3.8, 4) is 0 Å². The lowest BCUT2D eigenvalue weighted by atomic mass is 10.1. The number of aryl methyl sites for hydroxylation is 2. The molecule has 0 heterocycles. The first kappa shape index (κ1) is 15.2. The molecule has 1 rings (SSSR count). The fraction of sp³-hybridized carbons (Fsp3) is 0.500. The van der Waals surface area contributed by atoms with Gasteiger partial charge in [0, 0.05) is 23.7 Å². The summed E-state index contributed by atoms with van der Waals surface area (Å²) in [5, 5.41) is 2.91. The molecule has 0 saturated carbocycles. The zero-order valence-electron chi connectivity index (χ0n) is 11.3. The summed E-state index contributed by atoms with van der Waals surface area (Å²) < 4.78 is 6.21. The summed E-state index contributed by atoms with van der Waals surface area (Å²) in [6.07, 6.45) is 1.32. The number of carbonyl (C=O) groups is 1. The van der Waals surface area contributed by atoms with E-state index in [0.717, 1.165) is 27.7 Å². The van der Waals surface area contributed by atoms with E-state index in [2.05, 4.69) is 21.2 Å². The Morgan fingerprint density at radius 1 is 1.39 bits per heavy atom. The predicted molar refractivity (Wildman–Crippen MR) is 78.0 cm³/mol. The number of benzene rings is 1. The van der Waals surface area contributed by atoms with E-state index in [1.807, 2.05) is 32.9 Å². The summed E-state index contributed by atoms with van der Waals surface area (Å²) in [4.78, 5) is 11.8. The topological polar surface area (TPSA) is 38.3 Å². The summed E-state index contributed by atoms with van der Waals surface area (Å²) in [7, 11) is 1.66. The van der Waals surface area contributed by atoms with Gasteiger partial charge in [0.25, 0.3) is 0 Å². The number of hydrogen-bond acceptors (Lipinski definition) is 2. The molecule has 0 aliphatic heterocycles. The monoisotopic (exact) mass is 313 g/mol. The van der Waals surface area contributed by atoms with Crippen LogP contribution in [-0.2, 0) is 9.53 Å². The van der Waals surface area contributed by atoms with Crippen molar-refractivity contribution in [1.82, 2.24) is 0 Å². The van der Waals surface area contributed by atoms with E-state index in [4.69, 9.17) is 4.74 Å². The SMILES string of the molecule is COC(C)CCC(=O)Nc1cc(C)c(Br)c(C)c1. The van der Waals surface area contributed by atoms with Gasteiger partial charge in [-0.2, -0.15) is 0 Å². The summed E-state index contributed by atoms with van der Waals surface area (Å²) >= 11 is 3.51.